The van der Waals surface area contributed by atoms with E-state index >= 15 is 0 Å². The van der Waals surface area contributed by atoms with Gasteiger partial charge in [0.05, 0.1) is 0 Å². The SMILES string of the molecule is CCCCCCCc1ccccc1[N+](c1ccccc1)(c1ccccc1)c1ccccc1.CCCCCCCc1ccccc1[N+](c1ccccc1)(c1ccccc1)c1ccccc1.CCCCCCCc1ccccc1[N+](c1ccccc1)(c1ccccc1)c1ccccc1.[O-]B([O-])[O-]. The van der Waals surface area contributed by atoms with Gasteiger partial charge < -0.3 is 15.1 Å². The smallest absolute Gasteiger partial charge is 0.151 e. The zero-order valence-electron chi connectivity index (χ0n) is 59.3. The molecule has 0 aromatic heterocycles. The molecule has 12 aromatic carbocycles. The Morgan fingerprint density at radius 2 is 0.330 bits per heavy atom. The summed E-state index contributed by atoms with van der Waals surface area (Å²) in [6.45, 7) is 6.84. The molecule has 0 aliphatic carbocycles. The third kappa shape index (κ3) is 19.1. The molecule has 0 atom stereocenters. The van der Waals surface area contributed by atoms with Crippen molar-refractivity contribution in [3.05, 3.63) is 362 Å². The highest BCUT2D eigenvalue weighted by atomic mass is 16.5. The molecule has 0 unspecified atom stereocenters. The molecule has 510 valence electrons. The Kier molecular flexibility index (Phi) is 30.3. The molecule has 0 N–H and O–H groups in total. The standard InChI is InChI=1S/3C31H34N.BO3/c3*1-2-3-4-5-9-18-27-19-16-17-26-31(27)32(28-20-10-6-11-21-28,29-22-12-7-13-23-29)30-24-14-8-15-25-30;2-1(3)4/h3*6-8,10-17,19-26H,2-5,9,18H2,1H3;/q3*+1;-3. The van der Waals surface area contributed by atoms with Crippen molar-refractivity contribution < 1.29 is 15.1 Å². The quantitative estimate of drug-likeness (QED) is 0.0256. The summed E-state index contributed by atoms with van der Waals surface area (Å²) in [5.74, 6) is 0. The lowest BCUT2D eigenvalue weighted by atomic mass is 9.98. The van der Waals surface area contributed by atoms with Crippen molar-refractivity contribution in [3.63, 3.8) is 0 Å². The second kappa shape index (κ2) is 40.5. The van der Waals surface area contributed by atoms with Gasteiger partial charge in [-0.15, -0.1) is 0 Å². The van der Waals surface area contributed by atoms with Crippen LogP contribution in [0.2, 0.25) is 0 Å². The minimum absolute atomic E-state index is 0.591. The Labute approximate surface area is 599 Å². The summed E-state index contributed by atoms with van der Waals surface area (Å²) in [6, 6.07) is 126. The maximum atomic E-state index is 8.42. The number of rotatable bonds is 30. The van der Waals surface area contributed by atoms with Crippen LogP contribution < -0.4 is 28.5 Å². The summed E-state index contributed by atoms with van der Waals surface area (Å²) in [4.78, 5) is 0. The van der Waals surface area contributed by atoms with E-state index in [1.165, 1.54) is 181 Å². The van der Waals surface area contributed by atoms with Crippen molar-refractivity contribution in [1.82, 2.24) is 13.4 Å². The van der Waals surface area contributed by atoms with Gasteiger partial charge >= 0.3 is 0 Å². The van der Waals surface area contributed by atoms with Crippen molar-refractivity contribution in [2.24, 2.45) is 0 Å². The Bertz CT molecular complexity index is 3430. The summed E-state index contributed by atoms with van der Waals surface area (Å²) in [6.07, 6.45) is 22.7. The molecule has 100 heavy (non-hydrogen) atoms. The summed E-state index contributed by atoms with van der Waals surface area (Å²) in [7, 11) is -2.92. The second-order valence-electron chi connectivity index (χ2n) is 25.7. The summed E-state index contributed by atoms with van der Waals surface area (Å²) >= 11 is 0. The predicted molar refractivity (Wildman–Crippen MR) is 423 cm³/mol. The zero-order chi connectivity index (χ0) is 69.8. The molecule has 12 aromatic rings. The highest BCUT2D eigenvalue weighted by molar-refractivity contribution is 6.24. The number of nitrogens with zero attached hydrogens (tertiary/aromatic N) is 3. The average molecular weight is 1320 g/mol. The molecule has 0 heterocycles. The van der Waals surface area contributed by atoms with Crippen LogP contribution in [0.4, 0.5) is 68.2 Å². The molecule has 0 amide bonds. The first-order chi connectivity index (χ1) is 49.3. The van der Waals surface area contributed by atoms with Crippen LogP contribution in [0.5, 0.6) is 0 Å². The van der Waals surface area contributed by atoms with Crippen molar-refractivity contribution in [3.8, 4) is 0 Å². The summed E-state index contributed by atoms with van der Waals surface area (Å²) < 4.78 is 1.77. The van der Waals surface area contributed by atoms with E-state index in [2.05, 4.69) is 367 Å². The van der Waals surface area contributed by atoms with Crippen molar-refractivity contribution in [2.45, 2.75) is 136 Å². The lowest BCUT2D eigenvalue weighted by molar-refractivity contribution is -0.479. The molecular formula is C93H102BN3O3. The lowest BCUT2D eigenvalue weighted by Gasteiger charge is -2.38. The number of para-hydroxylation sites is 12. The number of hydrogen-bond donors (Lipinski definition) is 0. The van der Waals surface area contributed by atoms with E-state index < -0.39 is 7.32 Å². The minimum Gasteiger partial charge on any atom is -0.907 e. The van der Waals surface area contributed by atoms with Gasteiger partial charge in [0.2, 0.25) is 0 Å². The molecular weight excluding hydrogens is 1220 g/mol. The lowest BCUT2D eigenvalue weighted by Crippen LogP contribution is -2.56. The highest BCUT2D eigenvalue weighted by Gasteiger charge is 2.43. The van der Waals surface area contributed by atoms with Crippen LogP contribution in [0.25, 0.3) is 0 Å². The van der Waals surface area contributed by atoms with E-state index in [0.29, 0.717) is 13.4 Å². The fourth-order valence-corrected chi connectivity index (χ4v) is 14.4. The molecule has 7 heteroatoms. The van der Waals surface area contributed by atoms with Gasteiger partial charge in [0.15, 0.2) is 17.1 Å². The van der Waals surface area contributed by atoms with Crippen LogP contribution in [-0.4, -0.2) is 7.32 Å². The van der Waals surface area contributed by atoms with Crippen LogP contribution in [0.3, 0.4) is 0 Å². The van der Waals surface area contributed by atoms with Crippen molar-refractivity contribution in [1.29, 1.82) is 0 Å². The molecule has 0 aliphatic rings. The Morgan fingerprint density at radius 1 is 0.190 bits per heavy atom. The molecule has 0 radical (unpaired) electrons. The predicted octanol–water partition coefficient (Wildman–Crippen LogP) is 24.6. The van der Waals surface area contributed by atoms with E-state index in [1.807, 2.05) is 0 Å². The number of benzene rings is 12. The van der Waals surface area contributed by atoms with Gasteiger partial charge in [-0.3, -0.25) is 7.32 Å². The molecule has 0 saturated heterocycles. The summed E-state index contributed by atoms with van der Waals surface area (Å²) in [5.41, 5.74) is 19.6. The molecule has 0 spiro atoms. The van der Waals surface area contributed by atoms with Crippen LogP contribution in [0.1, 0.15) is 134 Å². The van der Waals surface area contributed by atoms with E-state index in [0.717, 1.165) is 19.3 Å². The van der Waals surface area contributed by atoms with E-state index in [-0.39, 0.29) is 0 Å². The van der Waals surface area contributed by atoms with Gasteiger partial charge in [0, 0.05) is 144 Å². The Hall–Kier alpha value is -9.54. The monoisotopic (exact) mass is 1320 g/mol. The first-order valence-electron chi connectivity index (χ1n) is 36.8. The van der Waals surface area contributed by atoms with Gasteiger partial charge in [-0.25, -0.2) is 0 Å². The topological polar surface area (TPSA) is 69.2 Å². The van der Waals surface area contributed by atoms with E-state index in [1.54, 1.807) is 0 Å². The number of aryl methyl sites for hydroxylation is 3. The van der Waals surface area contributed by atoms with Crippen LogP contribution >= 0.6 is 0 Å². The number of quaternary nitrogens is 3. The highest BCUT2D eigenvalue weighted by Crippen LogP contribution is 2.56. The van der Waals surface area contributed by atoms with E-state index in [9.17, 15) is 0 Å². The van der Waals surface area contributed by atoms with Crippen LogP contribution in [-0.2, 0) is 19.3 Å². The normalized spacial score (nSPS) is 11.2. The van der Waals surface area contributed by atoms with E-state index in [4.69, 9.17) is 15.1 Å². The third-order valence-electron chi connectivity index (χ3n) is 19.0. The maximum absolute atomic E-state index is 8.42. The maximum Gasteiger partial charge on any atom is 0.151 e. The van der Waals surface area contributed by atoms with Gasteiger partial charge in [-0.1, -0.05) is 316 Å². The van der Waals surface area contributed by atoms with Gasteiger partial charge in [0.1, 0.15) is 51.2 Å². The molecule has 0 saturated carbocycles. The first-order valence-corrected chi connectivity index (χ1v) is 36.8. The Balaban J connectivity index is 0.000000170. The van der Waals surface area contributed by atoms with Gasteiger partial charge in [0.25, 0.3) is 0 Å². The molecule has 0 bridgehead atoms. The number of unbranched alkanes of at least 4 members (excludes halogenated alkanes) is 12. The van der Waals surface area contributed by atoms with Crippen molar-refractivity contribution >= 4 is 75.6 Å². The molecule has 0 fully saturated rings. The molecule has 6 nitrogen and oxygen atoms in total. The van der Waals surface area contributed by atoms with Crippen molar-refractivity contribution in [2.75, 3.05) is 0 Å². The largest absolute Gasteiger partial charge is 0.907 e. The van der Waals surface area contributed by atoms with Crippen LogP contribution in [0.15, 0.2) is 346 Å². The first kappa shape index (κ1) is 74.7. The summed E-state index contributed by atoms with van der Waals surface area (Å²) in [5, 5.41) is 25.2. The zero-order valence-corrected chi connectivity index (χ0v) is 59.3. The fourth-order valence-electron chi connectivity index (χ4n) is 14.4. The second-order valence-corrected chi connectivity index (χ2v) is 25.7. The minimum atomic E-state index is -2.92. The van der Waals surface area contributed by atoms with Gasteiger partial charge in [-0.2, -0.15) is 13.4 Å². The molecule has 0 aliphatic heterocycles. The fraction of sp³-hybridized carbons (Fsp3) is 0.226. The number of hydrogen-bond acceptors (Lipinski definition) is 3. The third-order valence-corrected chi connectivity index (χ3v) is 19.0. The van der Waals surface area contributed by atoms with Gasteiger partial charge in [-0.05, 0) is 38.5 Å². The van der Waals surface area contributed by atoms with Crippen LogP contribution in [0, 0.1) is 0 Å². The Morgan fingerprint density at radius 3 is 0.490 bits per heavy atom. The average Bonchev–Trinajstić information content (AvgIpc) is 0.748. The molecule has 12 rings (SSSR count).